The average Bonchev–Trinajstić information content (AvgIpc) is 2.85. The van der Waals surface area contributed by atoms with Crippen LogP contribution in [0, 0.1) is 16.7 Å². The van der Waals surface area contributed by atoms with Gasteiger partial charge in [0.25, 0.3) is 0 Å². The summed E-state index contributed by atoms with van der Waals surface area (Å²) in [6.45, 7) is 18.4. The molecule has 2 saturated carbocycles. The highest BCUT2D eigenvalue weighted by Gasteiger charge is 2.75. The smallest absolute Gasteiger partial charge is 0.193 e. The third-order valence-electron chi connectivity index (χ3n) is 7.21. The van der Waals surface area contributed by atoms with Crippen molar-refractivity contribution in [3.63, 3.8) is 0 Å². The van der Waals surface area contributed by atoms with Crippen molar-refractivity contribution >= 4 is 14.1 Å². The van der Waals surface area contributed by atoms with Crippen LogP contribution in [0.2, 0.25) is 18.1 Å². The van der Waals surface area contributed by atoms with Gasteiger partial charge in [-0.2, -0.15) is 0 Å². The Morgan fingerprint density at radius 2 is 1.78 bits per heavy atom. The molecule has 0 aliphatic heterocycles. The average molecular weight is 335 g/mol. The molecule has 2 nitrogen and oxygen atoms in total. The van der Waals surface area contributed by atoms with Crippen LogP contribution in [-0.2, 0) is 9.22 Å². The highest BCUT2D eigenvalue weighted by molar-refractivity contribution is 6.74. The lowest BCUT2D eigenvalue weighted by Gasteiger charge is -2.57. The fourth-order valence-corrected chi connectivity index (χ4v) is 6.52. The first kappa shape index (κ1) is 17.4. The predicted octanol–water partition coefficient (Wildman–Crippen LogP) is 5.49. The van der Waals surface area contributed by atoms with Gasteiger partial charge in [-0.1, -0.05) is 59.6 Å². The molecule has 130 valence electrons. The van der Waals surface area contributed by atoms with Crippen molar-refractivity contribution in [2.75, 3.05) is 0 Å². The minimum atomic E-state index is -1.91. The summed E-state index contributed by atoms with van der Waals surface area (Å²) in [5.74, 6) is 0.891. The summed E-state index contributed by atoms with van der Waals surface area (Å²) in [5.41, 5.74) is 1.10. The van der Waals surface area contributed by atoms with Crippen LogP contribution in [0.1, 0.15) is 67.2 Å². The molecule has 3 aliphatic rings. The SMILES string of the molecule is CC(C)(C)C1=C[C@@]2(O[Si](C)(C)C(C)(C)C)CC(=O)[C@]23CCC[C@H]13. The quantitative estimate of drug-likeness (QED) is 0.493. The van der Waals surface area contributed by atoms with Crippen LogP contribution in [0.3, 0.4) is 0 Å². The van der Waals surface area contributed by atoms with Crippen molar-refractivity contribution in [3.05, 3.63) is 11.6 Å². The number of allylic oxidation sites excluding steroid dienone is 1. The molecule has 1 spiro atoms. The van der Waals surface area contributed by atoms with Gasteiger partial charge >= 0.3 is 0 Å². The topological polar surface area (TPSA) is 26.3 Å². The van der Waals surface area contributed by atoms with E-state index < -0.39 is 8.32 Å². The molecule has 0 amide bonds. The first-order valence-electron chi connectivity index (χ1n) is 9.24. The summed E-state index contributed by atoms with van der Waals surface area (Å²) in [5, 5.41) is 0.175. The molecule has 23 heavy (non-hydrogen) atoms. The van der Waals surface area contributed by atoms with Crippen LogP contribution in [0.25, 0.3) is 0 Å². The summed E-state index contributed by atoms with van der Waals surface area (Å²) in [6.07, 6.45) is 6.39. The predicted molar refractivity (Wildman–Crippen MR) is 97.9 cm³/mol. The molecule has 0 unspecified atom stereocenters. The van der Waals surface area contributed by atoms with Gasteiger partial charge in [-0.15, -0.1) is 0 Å². The van der Waals surface area contributed by atoms with Gasteiger partial charge in [0.15, 0.2) is 8.32 Å². The number of carbonyl (C=O) groups excluding carboxylic acids is 1. The summed E-state index contributed by atoms with van der Waals surface area (Å²) in [4.78, 5) is 12.8. The Labute approximate surface area is 143 Å². The zero-order chi connectivity index (χ0) is 17.5. The highest BCUT2D eigenvalue weighted by atomic mass is 28.4. The van der Waals surface area contributed by atoms with Crippen LogP contribution in [0.15, 0.2) is 11.6 Å². The molecule has 3 atom stereocenters. The Kier molecular flexibility index (Phi) is 3.48. The Morgan fingerprint density at radius 1 is 1.17 bits per heavy atom. The minimum absolute atomic E-state index is 0.128. The molecule has 0 heterocycles. The Hall–Kier alpha value is -0.413. The summed E-state index contributed by atoms with van der Waals surface area (Å²) >= 11 is 0. The van der Waals surface area contributed by atoms with Crippen LogP contribution in [-0.4, -0.2) is 19.7 Å². The van der Waals surface area contributed by atoms with E-state index in [4.69, 9.17) is 4.43 Å². The van der Waals surface area contributed by atoms with Crippen LogP contribution < -0.4 is 0 Å². The van der Waals surface area contributed by atoms with E-state index in [0.717, 1.165) is 12.8 Å². The van der Waals surface area contributed by atoms with Crippen molar-refractivity contribution in [1.29, 1.82) is 0 Å². The molecule has 0 aromatic heterocycles. The molecule has 0 aromatic rings. The van der Waals surface area contributed by atoms with E-state index in [1.165, 1.54) is 12.0 Å². The second-order valence-corrected chi connectivity index (χ2v) is 15.3. The normalized spacial score (nSPS) is 37.3. The first-order chi connectivity index (χ1) is 10.3. The Morgan fingerprint density at radius 3 is 2.26 bits per heavy atom. The van der Waals surface area contributed by atoms with Gasteiger partial charge < -0.3 is 4.43 Å². The van der Waals surface area contributed by atoms with Gasteiger partial charge in [-0.3, -0.25) is 4.79 Å². The Bertz CT molecular complexity index is 575. The molecule has 0 radical (unpaired) electrons. The van der Waals surface area contributed by atoms with E-state index in [1.54, 1.807) is 0 Å². The number of hydrogen-bond donors (Lipinski definition) is 0. The zero-order valence-corrected chi connectivity index (χ0v) is 17.3. The molecule has 3 heteroatoms. The summed E-state index contributed by atoms with van der Waals surface area (Å²) < 4.78 is 6.99. The van der Waals surface area contributed by atoms with Crippen molar-refractivity contribution in [3.8, 4) is 0 Å². The van der Waals surface area contributed by atoms with E-state index in [0.29, 0.717) is 18.1 Å². The van der Waals surface area contributed by atoms with E-state index in [9.17, 15) is 4.79 Å². The largest absolute Gasteiger partial charge is 0.406 e. The van der Waals surface area contributed by atoms with E-state index in [-0.39, 0.29) is 21.5 Å². The number of rotatable bonds is 2. The van der Waals surface area contributed by atoms with Gasteiger partial charge in [0, 0.05) is 6.42 Å². The van der Waals surface area contributed by atoms with E-state index in [2.05, 4.69) is 60.7 Å². The number of ketones is 1. The van der Waals surface area contributed by atoms with E-state index >= 15 is 0 Å². The van der Waals surface area contributed by atoms with Crippen molar-refractivity contribution < 1.29 is 9.22 Å². The highest BCUT2D eigenvalue weighted by Crippen LogP contribution is 2.71. The molecule has 0 aromatic carbocycles. The second kappa shape index (κ2) is 4.60. The Balaban J connectivity index is 2.07. The fraction of sp³-hybridized carbons (Fsp3) is 0.850. The molecule has 0 saturated heterocycles. The fourth-order valence-electron chi connectivity index (χ4n) is 4.99. The summed E-state index contributed by atoms with van der Waals surface area (Å²) in [6, 6.07) is 0. The van der Waals surface area contributed by atoms with Gasteiger partial charge in [0.05, 0.1) is 11.0 Å². The van der Waals surface area contributed by atoms with Gasteiger partial charge in [0.2, 0.25) is 0 Å². The lowest BCUT2D eigenvalue weighted by Crippen LogP contribution is -2.67. The maximum absolute atomic E-state index is 12.8. The lowest BCUT2D eigenvalue weighted by atomic mass is 9.54. The molecule has 0 bridgehead atoms. The third-order valence-corrected chi connectivity index (χ3v) is 11.7. The van der Waals surface area contributed by atoms with Gasteiger partial charge in [0.1, 0.15) is 5.78 Å². The van der Waals surface area contributed by atoms with Crippen LogP contribution in [0.4, 0.5) is 0 Å². The second-order valence-electron chi connectivity index (χ2n) is 10.6. The van der Waals surface area contributed by atoms with Gasteiger partial charge in [-0.05, 0) is 42.3 Å². The molecular formula is C20H34O2Si. The summed E-state index contributed by atoms with van der Waals surface area (Å²) in [7, 11) is -1.91. The molecule has 3 aliphatic carbocycles. The third kappa shape index (κ3) is 2.11. The molecule has 3 rings (SSSR count). The van der Waals surface area contributed by atoms with Crippen LogP contribution >= 0.6 is 0 Å². The monoisotopic (exact) mass is 334 g/mol. The van der Waals surface area contributed by atoms with Crippen LogP contribution in [0.5, 0.6) is 0 Å². The molecule has 0 N–H and O–H groups in total. The molecule has 2 fully saturated rings. The first-order valence-corrected chi connectivity index (χ1v) is 12.1. The lowest BCUT2D eigenvalue weighted by molar-refractivity contribution is -0.168. The number of Topliss-reactive ketones (excluding diaryl/α,β-unsaturated/α-hetero) is 1. The van der Waals surface area contributed by atoms with E-state index in [1.807, 2.05) is 0 Å². The van der Waals surface area contributed by atoms with Gasteiger partial charge in [-0.25, -0.2) is 0 Å². The number of hydrogen-bond acceptors (Lipinski definition) is 2. The minimum Gasteiger partial charge on any atom is -0.406 e. The van der Waals surface area contributed by atoms with Crippen molar-refractivity contribution in [1.82, 2.24) is 0 Å². The maximum atomic E-state index is 12.8. The zero-order valence-electron chi connectivity index (χ0n) is 16.3. The standard InChI is InChI=1S/C20H34O2Si/c1-17(2,3)15-12-19(22-23(7,8)18(4,5)6)13-16(21)20(19)11-9-10-14(15)20/h12,14H,9-11,13H2,1-8H3/t14-,19-,20-/m1/s1. The maximum Gasteiger partial charge on any atom is 0.193 e. The van der Waals surface area contributed by atoms with Crippen molar-refractivity contribution in [2.24, 2.45) is 16.7 Å². The number of carbonyl (C=O) groups is 1. The molecular weight excluding hydrogens is 300 g/mol. The van der Waals surface area contributed by atoms with Crippen molar-refractivity contribution in [2.45, 2.75) is 91.0 Å².